The Labute approximate surface area is 146 Å². The minimum absolute atomic E-state index is 0.0815. The third-order valence-electron chi connectivity index (χ3n) is 4.60. The topological polar surface area (TPSA) is 71.8 Å². The number of hydrogen-bond acceptors (Lipinski definition) is 4. The van der Waals surface area contributed by atoms with E-state index in [1.54, 1.807) is 12.5 Å². The Balaban J connectivity index is 1.47. The summed E-state index contributed by atoms with van der Waals surface area (Å²) in [5.41, 5.74) is 3.42. The van der Waals surface area contributed by atoms with Gasteiger partial charge in [-0.2, -0.15) is 0 Å². The molecular formula is C19H21N5O. The summed E-state index contributed by atoms with van der Waals surface area (Å²) in [7, 11) is 0. The Morgan fingerprint density at radius 2 is 2.16 bits per heavy atom. The summed E-state index contributed by atoms with van der Waals surface area (Å²) in [5, 5.41) is 6.28. The molecule has 1 aliphatic rings. The highest BCUT2D eigenvalue weighted by Gasteiger charge is 2.18. The average Bonchev–Trinajstić information content (AvgIpc) is 3.30. The van der Waals surface area contributed by atoms with Gasteiger partial charge in [-0.25, -0.2) is 9.97 Å². The summed E-state index contributed by atoms with van der Waals surface area (Å²) < 4.78 is 2.03. The molecule has 3 aromatic rings. The van der Waals surface area contributed by atoms with Crippen molar-refractivity contribution in [2.75, 3.05) is 13.1 Å². The van der Waals surface area contributed by atoms with Crippen LogP contribution in [0.5, 0.6) is 0 Å². The molecule has 1 aromatic carbocycles. The smallest absolute Gasteiger partial charge is 0.253 e. The minimum Gasteiger partial charge on any atom is -0.348 e. The molecule has 1 amide bonds. The van der Waals surface area contributed by atoms with Crippen molar-refractivity contribution in [3.63, 3.8) is 0 Å². The maximum absolute atomic E-state index is 12.3. The molecule has 2 N–H and O–H groups in total. The third kappa shape index (κ3) is 3.53. The highest BCUT2D eigenvalue weighted by atomic mass is 16.1. The van der Waals surface area contributed by atoms with Gasteiger partial charge in [0.1, 0.15) is 5.52 Å². The molecule has 0 radical (unpaired) electrons. The summed E-state index contributed by atoms with van der Waals surface area (Å²) in [6.07, 6.45) is 5.32. The van der Waals surface area contributed by atoms with Gasteiger partial charge in [-0.1, -0.05) is 30.3 Å². The molecule has 1 aliphatic heterocycles. The SMILES string of the molecule is O=C(N[C@H]1CCNC1)c1cnc2c(c1)ncn2CCc1ccccc1. The Bertz CT molecular complexity index is 868. The molecule has 0 unspecified atom stereocenters. The number of imidazole rings is 1. The van der Waals surface area contributed by atoms with Gasteiger partial charge < -0.3 is 15.2 Å². The van der Waals surface area contributed by atoms with Crippen LogP contribution in [0.1, 0.15) is 22.3 Å². The van der Waals surface area contributed by atoms with Crippen LogP contribution in [0.25, 0.3) is 11.2 Å². The number of carbonyl (C=O) groups is 1. The number of benzene rings is 1. The summed E-state index contributed by atoms with van der Waals surface area (Å²) in [6, 6.07) is 12.4. The zero-order valence-corrected chi connectivity index (χ0v) is 14.0. The van der Waals surface area contributed by atoms with E-state index >= 15 is 0 Å². The minimum atomic E-state index is -0.0815. The quantitative estimate of drug-likeness (QED) is 0.745. The van der Waals surface area contributed by atoms with Crippen LogP contribution in [-0.4, -0.2) is 39.6 Å². The molecule has 1 fully saturated rings. The highest BCUT2D eigenvalue weighted by Crippen LogP contribution is 2.13. The molecule has 0 saturated carbocycles. The molecule has 25 heavy (non-hydrogen) atoms. The van der Waals surface area contributed by atoms with E-state index in [0.29, 0.717) is 5.56 Å². The van der Waals surface area contributed by atoms with Gasteiger partial charge in [-0.3, -0.25) is 4.79 Å². The van der Waals surface area contributed by atoms with Crippen molar-refractivity contribution in [1.82, 2.24) is 25.2 Å². The summed E-state index contributed by atoms with van der Waals surface area (Å²) in [5.74, 6) is -0.0815. The predicted octanol–water partition coefficient (Wildman–Crippen LogP) is 1.77. The second-order valence-corrected chi connectivity index (χ2v) is 6.40. The van der Waals surface area contributed by atoms with Crippen LogP contribution in [0.2, 0.25) is 0 Å². The number of hydrogen-bond donors (Lipinski definition) is 2. The summed E-state index contributed by atoms with van der Waals surface area (Å²) in [6.45, 7) is 2.59. The van der Waals surface area contributed by atoms with Gasteiger partial charge in [0.25, 0.3) is 5.91 Å². The van der Waals surface area contributed by atoms with E-state index in [4.69, 9.17) is 0 Å². The van der Waals surface area contributed by atoms with Gasteiger partial charge in [0.15, 0.2) is 5.65 Å². The van der Waals surface area contributed by atoms with E-state index < -0.39 is 0 Å². The Hall–Kier alpha value is -2.73. The van der Waals surface area contributed by atoms with E-state index in [-0.39, 0.29) is 11.9 Å². The van der Waals surface area contributed by atoms with Crippen LogP contribution < -0.4 is 10.6 Å². The van der Waals surface area contributed by atoms with Crippen LogP contribution >= 0.6 is 0 Å². The fourth-order valence-electron chi connectivity index (χ4n) is 3.18. The maximum Gasteiger partial charge on any atom is 0.253 e. The molecule has 4 rings (SSSR count). The lowest BCUT2D eigenvalue weighted by Gasteiger charge is -2.11. The Kier molecular flexibility index (Phi) is 4.43. The molecule has 0 bridgehead atoms. The fourth-order valence-corrected chi connectivity index (χ4v) is 3.18. The molecule has 128 valence electrons. The number of pyridine rings is 1. The van der Waals surface area contributed by atoms with E-state index in [9.17, 15) is 4.79 Å². The highest BCUT2D eigenvalue weighted by molar-refractivity contribution is 5.96. The van der Waals surface area contributed by atoms with Gasteiger partial charge in [0.2, 0.25) is 0 Å². The lowest BCUT2D eigenvalue weighted by molar-refractivity contribution is 0.0940. The Morgan fingerprint density at radius 1 is 1.28 bits per heavy atom. The van der Waals surface area contributed by atoms with E-state index in [1.807, 2.05) is 28.8 Å². The van der Waals surface area contributed by atoms with Crippen molar-refractivity contribution in [3.8, 4) is 0 Å². The zero-order valence-electron chi connectivity index (χ0n) is 14.0. The van der Waals surface area contributed by atoms with Crippen LogP contribution in [0.3, 0.4) is 0 Å². The molecular weight excluding hydrogens is 314 g/mol. The first-order valence-corrected chi connectivity index (χ1v) is 8.66. The van der Waals surface area contributed by atoms with Gasteiger partial charge >= 0.3 is 0 Å². The number of nitrogens with zero attached hydrogens (tertiary/aromatic N) is 3. The van der Waals surface area contributed by atoms with Crippen LogP contribution in [0.4, 0.5) is 0 Å². The number of fused-ring (bicyclic) bond motifs is 1. The molecule has 0 aliphatic carbocycles. The molecule has 1 atom stereocenters. The average molecular weight is 335 g/mol. The van der Waals surface area contributed by atoms with Crippen molar-refractivity contribution in [2.24, 2.45) is 0 Å². The molecule has 1 saturated heterocycles. The van der Waals surface area contributed by atoms with Gasteiger partial charge in [0.05, 0.1) is 11.9 Å². The van der Waals surface area contributed by atoms with Gasteiger partial charge in [-0.05, 0) is 31.0 Å². The van der Waals surface area contributed by atoms with Crippen LogP contribution in [-0.2, 0) is 13.0 Å². The first-order chi connectivity index (χ1) is 12.3. The normalized spacial score (nSPS) is 17.0. The van der Waals surface area contributed by atoms with Crippen LogP contribution in [0.15, 0.2) is 48.9 Å². The number of rotatable bonds is 5. The largest absolute Gasteiger partial charge is 0.348 e. The Morgan fingerprint density at radius 3 is 2.96 bits per heavy atom. The monoisotopic (exact) mass is 335 g/mol. The fraction of sp³-hybridized carbons (Fsp3) is 0.316. The van der Waals surface area contributed by atoms with Crippen molar-refractivity contribution in [1.29, 1.82) is 0 Å². The van der Waals surface area contributed by atoms with Crippen molar-refractivity contribution >= 4 is 17.1 Å². The summed E-state index contributed by atoms with van der Waals surface area (Å²) in [4.78, 5) is 21.2. The number of aryl methyl sites for hydroxylation is 2. The van der Waals surface area contributed by atoms with Crippen molar-refractivity contribution < 1.29 is 4.79 Å². The first kappa shape index (κ1) is 15.8. The first-order valence-electron chi connectivity index (χ1n) is 8.66. The molecule has 0 spiro atoms. The number of carbonyl (C=O) groups excluding carboxylic acids is 1. The van der Waals surface area contributed by atoms with E-state index in [1.165, 1.54) is 5.56 Å². The third-order valence-corrected chi connectivity index (χ3v) is 4.60. The number of aromatic nitrogens is 3. The molecule has 2 aromatic heterocycles. The van der Waals surface area contributed by atoms with Crippen molar-refractivity contribution in [3.05, 3.63) is 60.0 Å². The predicted molar refractivity (Wildman–Crippen MR) is 96.4 cm³/mol. The van der Waals surface area contributed by atoms with E-state index in [2.05, 4.69) is 32.7 Å². The number of amides is 1. The molecule has 6 heteroatoms. The standard InChI is InChI=1S/C19H21N5O/c25-19(23-16-6-8-20-12-16)15-10-17-18(21-11-15)24(13-22-17)9-7-14-4-2-1-3-5-14/h1-5,10-11,13,16,20H,6-9,12H2,(H,23,25)/t16-/m0/s1. The van der Waals surface area contributed by atoms with Gasteiger partial charge in [-0.15, -0.1) is 0 Å². The maximum atomic E-state index is 12.3. The second-order valence-electron chi connectivity index (χ2n) is 6.40. The van der Waals surface area contributed by atoms with Crippen LogP contribution in [0, 0.1) is 0 Å². The molecule has 6 nitrogen and oxygen atoms in total. The number of nitrogens with one attached hydrogen (secondary N) is 2. The van der Waals surface area contributed by atoms with Gasteiger partial charge in [0, 0.05) is 25.3 Å². The zero-order chi connectivity index (χ0) is 17.1. The van der Waals surface area contributed by atoms with Crippen molar-refractivity contribution in [2.45, 2.75) is 25.4 Å². The lowest BCUT2D eigenvalue weighted by atomic mass is 10.1. The second kappa shape index (κ2) is 7.03. The van der Waals surface area contributed by atoms with E-state index in [0.717, 1.165) is 43.6 Å². The lowest BCUT2D eigenvalue weighted by Crippen LogP contribution is -2.36. The molecule has 3 heterocycles. The summed E-state index contributed by atoms with van der Waals surface area (Å²) >= 11 is 0.